The summed E-state index contributed by atoms with van der Waals surface area (Å²) in [6.07, 6.45) is 0.854. The van der Waals surface area contributed by atoms with E-state index in [2.05, 4.69) is 5.32 Å². The SMILES string of the molecule is NC(=O)COc1ccc(C(=O)O[C@H](C(=O)NC2CC2)c2ccccc2)cc1. The molecule has 2 aromatic rings. The molecular formula is C20H20N2O5. The second kappa shape index (κ2) is 8.35. The topological polar surface area (TPSA) is 108 Å². The summed E-state index contributed by atoms with van der Waals surface area (Å²) >= 11 is 0. The molecule has 7 heteroatoms. The zero-order valence-electron chi connectivity index (χ0n) is 14.6. The van der Waals surface area contributed by atoms with Crippen molar-refractivity contribution in [2.24, 2.45) is 5.73 Å². The summed E-state index contributed by atoms with van der Waals surface area (Å²) in [4.78, 5) is 35.7. The van der Waals surface area contributed by atoms with Gasteiger partial charge >= 0.3 is 5.97 Å². The largest absolute Gasteiger partial charge is 0.484 e. The predicted octanol–water partition coefficient (Wildman–Crippen LogP) is 1.73. The normalized spacial score (nSPS) is 14.1. The molecule has 0 unspecified atom stereocenters. The molecule has 1 aliphatic carbocycles. The molecule has 1 saturated carbocycles. The number of benzene rings is 2. The second-order valence-electron chi connectivity index (χ2n) is 6.26. The molecule has 0 saturated heterocycles. The van der Waals surface area contributed by atoms with Crippen LogP contribution in [0.15, 0.2) is 54.6 Å². The fraction of sp³-hybridized carbons (Fsp3) is 0.250. The van der Waals surface area contributed by atoms with Crippen molar-refractivity contribution in [3.05, 3.63) is 65.7 Å². The van der Waals surface area contributed by atoms with Crippen LogP contribution in [0.5, 0.6) is 5.75 Å². The number of nitrogens with one attached hydrogen (secondary N) is 1. The van der Waals surface area contributed by atoms with Crippen LogP contribution in [-0.4, -0.2) is 30.4 Å². The smallest absolute Gasteiger partial charge is 0.339 e. The standard InChI is InChI=1S/C20H20N2O5/c21-17(23)12-26-16-10-6-14(7-11-16)20(25)27-18(13-4-2-1-3-5-13)19(24)22-15-8-9-15/h1-7,10-11,15,18H,8-9,12H2,(H2,21,23)(H,22,24)/t18-/m0/s1. The molecule has 0 radical (unpaired) electrons. The van der Waals surface area contributed by atoms with Crippen LogP contribution in [0.4, 0.5) is 0 Å². The van der Waals surface area contributed by atoms with Gasteiger partial charge in [-0.05, 0) is 37.1 Å². The number of rotatable bonds is 8. The van der Waals surface area contributed by atoms with E-state index in [1.165, 1.54) is 24.3 Å². The summed E-state index contributed by atoms with van der Waals surface area (Å²) in [5.41, 5.74) is 5.89. The summed E-state index contributed by atoms with van der Waals surface area (Å²) in [6, 6.07) is 15.1. The molecule has 0 aliphatic heterocycles. The van der Waals surface area contributed by atoms with Gasteiger partial charge in [0.25, 0.3) is 11.8 Å². The fourth-order valence-corrected chi connectivity index (χ4v) is 2.42. The van der Waals surface area contributed by atoms with Gasteiger partial charge in [0.15, 0.2) is 6.61 Å². The molecule has 27 heavy (non-hydrogen) atoms. The number of amides is 2. The predicted molar refractivity (Wildman–Crippen MR) is 96.9 cm³/mol. The lowest BCUT2D eigenvalue weighted by molar-refractivity contribution is -0.130. The lowest BCUT2D eigenvalue weighted by atomic mass is 10.1. The van der Waals surface area contributed by atoms with E-state index >= 15 is 0 Å². The van der Waals surface area contributed by atoms with Crippen molar-refractivity contribution in [1.29, 1.82) is 0 Å². The third-order valence-corrected chi connectivity index (χ3v) is 3.96. The van der Waals surface area contributed by atoms with Crippen molar-refractivity contribution >= 4 is 17.8 Å². The van der Waals surface area contributed by atoms with Crippen LogP contribution >= 0.6 is 0 Å². The van der Waals surface area contributed by atoms with E-state index in [-0.39, 0.29) is 24.1 Å². The molecule has 1 aliphatic rings. The molecule has 0 aromatic heterocycles. The Morgan fingerprint density at radius 2 is 1.70 bits per heavy atom. The zero-order valence-corrected chi connectivity index (χ0v) is 14.6. The molecule has 1 fully saturated rings. The van der Waals surface area contributed by atoms with Crippen LogP contribution in [0.1, 0.15) is 34.9 Å². The minimum absolute atomic E-state index is 0.157. The first-order valence-electron chi connectivity index (χ1n) is 8.60. The monoisotopic (exact) mass is 368 g/mol. The summed E-state index contributed by atoms with van der Waals surface area (Å²) in [7, 11) is 0. The molecule has 3 rings (SSSR count). The highest BCUT2D eigenvalue weighted by Gasteiger charge is 2.31. The van der Waals surface area contributed by atoms with E-state index in [0.29, 0.717) is 11.3 Å². The van der Waals surface area contributed by atoms with Crippen molar-refractivity contribution in [2.75, 3.05) is 6.61 Å². The van der Waals surface area contributed by atoms with Gasteiger partial charge in [-0.15, -0.1) is 0 Å². The first kappa shape index (κ1) is 18.4. The van der Waals surface area contributed by atoms with E-state index in [1.54, 1.807) is 24.3 Å². The minimum Gasteiger partial charge on any atom is -0.484 e. The zero-order chi connectivity index (χ0) is 19.2. The molecule has 1 atom stereocenters. The van der Waals surface area contributed by atoms with Crippen LogP contribution in [0, 0.1) is 0 Å². The third kappa shape index (κ3) is 5.31. The van der Waals surface area contributed by atoms with Gasteiger partial charge < -0.3 is 20.5 Å². The number of carbonyl (C=O) groups excluding carboxylic acids is 3. The van der Waals surface area contributed by atoms with Gasteiger partial charge in [0.1, 0.15) is 5.75 Å². The molecule has 0 spiro atoms. The third-order valence-electron chi connectivity index (χ3n) is 3.96. The molecular weight excluding hydrogens is 348 g/mol. The number of hydrogen-bond acceptors (Lipinski definition) is 5. The van der Waals surface area contributed by atoms with Crippen LogP contribution in [0.2, 0.25) is 0 Å². The Hall–Kier alpha value is -3.35. The number of nitrogens with two attached hydrogens (primary N) is 1. The second-order valence-corrected chi connectivity index (χ2v) is 6.26. The molecule has 2 amide bonds. The van der Waals surface area contributed by atoms with Gasteiger partial charge in [0.2, 0.25) is 6.10 Å². The van der Waals surface area contributed by atoms with Crippen LogP contribution < -0.4 is 15.8 Å². The number of carbonyl (C=O) groups is 3. The van der Waals surface area contributed by atoms with E-state index in [9.17, 15) is 14.4 Å². The number of esters is 1. The Balaban J connectivity index is 1.69. The van der Waals surface area contributed by atoms with Crippen molar-refractivity contribution < 1.29 is 23.9 Å². The van der Waals surface area contributed by atoms with Gasteiger partial charge in [-0.1, -0.05) is 30.3 Å². The van der Waals surface area contributed by atoms with Crippen molar-refractivity contribution in [3.8, 4) is 5.75 Å². The van der Waals surface area contributed by atoms with Crippen molar-refractivity contribution in [1.82, 2.24) is 5.32 Å². The quantitative estimate of drug-likeness (QED) is 0.690. The van der Waals surface area contributed by atoms with E-state index in [4.69, 9.17) is 15.2 Å². The highest BCUT2D eigenvalue weighted by atomic mass is 16.5. The maximum absolute atomic E-state index is 12.5. The summed E-state index contributed by atoms with van der Waals surface area (Å²) in [5.74, 6) is -1.16. The van der Waals surface area contributed by atoms with E-state index < -0.39 is 18.0 Å². The van der Waals surface area contributed by atoms with Crippen LogP contribution in [0.25, 0.3) is 0 Å². The molecule has 2 aromatic carbocycles. The first-order chi connectivity index (χ1) is 13.0. The molecule has 0 heterocycles. The summed E-state index contributed by atoms with van der Waals surface area (Å²) < 4.78 is 10.6. The molecule has 140 valence electrons. The molecule has 3 N–H and O–H groups in total. The Labute approximate surface area is 156 Å². The lowest BCUT2D eigenvalue weighted by Gasteiger charge is -2.18. The maximum Gasteiger partial charge on any atom is 0.339 e. The van der Waals surface area contributed by atoms with Crippen LogP contribution in [-0.2, 0) is 14.3 Å². The molecule has 7 nitrogen and oxygen atoms in total. The highest BCUT2D eigenvalue weighted by Crippen LogP contribution is 2.24. The van der Waals surface area contributed by atoms with Gasteiger partial charge in [-0.3, -0.25) is 9.59 Å². The Kier molecular flexibility index (Phi) is 5.71. The van der Waals surface area contributed by atoms with Crippen molar-refractivity contribution in [2.45, 2.75) is 25.0 Å². The summed E-state index contributed by atoms with van der Waals surface area (Å²) in [6.45, 7) is -0.249. The maximum atomic E-state index is 12.5. The highest BCUT2D eigenvalue weighted by molar-refractivity contribution is 5.93. The van der Waals surface area contributed by atoms with E-state index in [0.717, 1.165) is 12.8 Å². The molecule has 0 bridgehead atoms. The minimum atomic E-state index is -1.02. The summed E-state index contributed by atoms with van der Waals surface area (Å²) in [5, 5.41) is 2.87. The number of ether oxygens (including phenoxy) is 2. The Morgan fingerprint density at radius 3 is 2.30 bits per heavy atom. The number of primary amides is 1. The average molecular weight is 368 g/mol. The van der Waals surface area contributed by atoms with Gasteiger partial charge in [0, 0.05) is 11.6 Å². The fourth-order valence-electron chi connectivity index (χ4n) is 2.42. The first-order valence-corrected chi connectivity index (χ1v) is 8.60. The van der Waals surface area contributed by atoms with Gasteiger partial charge in [-0.25, -0.2) is 4.79 Å². The van der Waals surface area contributed by atoms with Gasteiger partial charge in [0.05, 0.1) is 5.56 Å². The van der Waals surface area contributed by atoms with Crippen molar-refractivity contribution in [3.63, 3.8) is 0 Å². The van der Waals surface area contributed by atoms with Gasteiger partial charge in [-0.2, -0.15) is 0 Å². The average Bonchev–Trinajstić information content (AvgIpc) is 3.49. The van der Waals surface area contributed by atoms with Crippen LogP contribution in [0.3, 0.4) is 0 Å². The Morgan fingerprint density at radius 1 is 1.04 bits per heavy atom. The number of hydrogen-bond donors (Lipinski definition) is 2. The lowest BCUT2D eigenvalue weighted by Crippen LogP contribution is -2.33. The van der Waals surface area contributed by atoms with E-state index in [1.807, 2.05) is 6.07 Å². The Bertz CT molecular complexity index is 816.